The lowest BCUT2D eigenvalue weighted by atomic mass is 9.71. The zero-order chi connectivity index (χ0) is 24.7. The molecule has 2 heterocycles. The average Bonchev–Trinajstić information content (AvgIpc) is 3.28. The van der Waals surface area contributed by atoms with Crippen molar-refractivity contribution in [1.29, 1.82) is 0 Å². The van der Waals surface area contributed by atoms with Gasteiger partial charge >= 0.3 is 0 Å². The monoisotopic (exact) mass is 470 g/mol. The third-order valence-electron chi connectivity index (χ3n) is 7.23. The van der Waals surface area contributed by atoms with Gasteiger partial charge in [-0.05, 0) is 82.0 Å². The first kappa shape index (κ1) is 26.2. The van der Waals surface area contributed by atoms with E-state index in [-0.39, 0.29) is 29.3 Å². The maximum absolute atomic E-state index is 13.0. The lowest BCUT2D eigenvalue weighted by molar-refractivity contribution is -0.115. The van der Waals surface area contributed by atoms with E-state index in [0.29, 0.717) is 23.6 Å². The number of carbonyl (C=O) groups is 2. The fourth-order valence-corrected chi connectivity index (χ4v) is 5.08. The van der Waals surface area contributed by atoms with E-state index < -0.39 is 0 Å². The molecule has 7 heteroatoms. The Labute approximate surface area is 204 Å². The molecule has 1 saturated heterocycles. The summed E-state index contributed by atoms with van der Waals surface area (Å²) >= 11 is 0. The first-order valence-corrected chi connectivity index (χ1v) is 12.8. The van der Waals surface area contributed by atoms with Crippen LogP contribution in [-0.4, -0.2) is 48.6 Å². The van der Waals surface area contributed by atoms with Crippen molar-refractivity contribution in [2.24, 2.45) is 16.3 Å². The molecule has 2 aliphatic rings. The number of piperidine rings is 1. The molecular weight excluding hydrogens is 428 g/mol. The standard InChI is InChI=1S/C27H42N4O3/c1-6-22(24(28-5)26(33)29-20-12-10-19(11-13-20)27(2,3)4)30-25(32)23-15-14-21(34-23)18-31-16-8-7-9-17-31/h6,14-15,19-20H,7-13,16-18H2,1-5H3,(H,29,33)(H,30,32)/b22-6+,28-24?. The third-order valence-corrected chi connectivity index (χ3v) is 7.23. The molecule has 0 bridgehead atoms. The molecule has 0 unspecified atom stereocenters. The Bertz CT molecular complexity index is 895. The minimum absolute atomic E-state index is 0.138. The van der Waals surface area contributed by atoms with E-state index in [9.17, 15) is 9.59 Å². The third kappa shape index (κ3) is 7.05. The van der Waals surface area contributed by atoms with E-state index in [4.69, 9.17) is 4.42 Å². The number of nitrogens with one attached hydrogen (secondary N) is 2. The van der Waals surface area contributed by atoms with Crippen LogP contribution in [0, 0.1) is 11.3 Å². The Morgan fingerprint density at radius 1 is 1.12 bits per heavy atom. The fraction of sp³-hybridized carbons (Fsp3) is 0.667. The number of carbonyl (C=O) groups excluding carboxylic acids is 2. The van der Waals surface area contributed by atoms with Crippen LogP contribution in [0.3, 0.4) is 0 Å². The molecule has 7 nitrogen and oxygen atoms in total. The molecule has 2 N–H and O–H groups in total. The van der Waals surface area contributed by atoms with E-state index >= 15 is 0 Å². The minimum atomic E-state index is -0.377. The lowest BCUT2D eigenvalue weighted by Crippen LogP contribution is -2.44. The topological polar surface area (TPSA) is 86.9 Å². The van der Waals surface area contributed by atoms with Gasteiger partial charge in [0.15, 0.2) is 5.76 Å². The molecule has 1 aliphatic heterocycles. The summed E-state index contributed by atoms with van der Waals surface area (Å²) in [7, 11) is 1.57. The summed E-state index contributed by atoms with van der Waals surface area (Å²) in [6.45, 7) is 11.5. The van der Waals surface area contributed by atoms with Gasteiger partial charge in [0, 0.05) is 13.1 Å². The van der Waals surface area contributed by atoms with E-state index in [1.807, 2.05) is 6.07 Å². The van der Waals surface area contributed by atoms with Crippen LogP contribution in [0.25, 0.3) is 0 Å². The number of furan rings is 1. The van der Waals surface area contributed by atoms with E-state index in [2.05, 4.69) is 41.3 Å². The number of hydrogen-bond acceptors (Lipinski definition) is 5. The molecule has 0 aromatic carbocycles. The summed E-state index contributed by atoms with van der Waals surface area (Å²) in [6, 6.07) is 3.69. The molecule has 3 rings (SSSR count). The van der Waals surface area contributed by atoms with E-state index in [0.717, 1.165) is 44.5 Å². The summed E-state index contributed by atoms with van der Waals surface area (Å²) in [5.74, 6) is 1.07. The molecule has 1 aromatic heterocycles. The van der Waals surface area contributed by atoms with Gasteiger partial charge in [-0.1, -0.05) is 33.3 Å². The van der Waals surface area contributed by atoms with Crippen molar-refractivity contribution in [3.05, 3.63) is 35.4 Å². The van der Waals surface area contributed by atoms with Crippen LogP contribution in [-0.2, 0) is 11.3 Å². The number of likely N-dealkylation sites (tertiary alicyclic amines) is 1. The SMILES string of the molecule is C/C=C(/NC(=O)c1ccc(CN2CCCCC2)o1)C(=NC)C(=O)NC1CCC(C(C)(C)C)CC1. The molecule has 0 atom stereocenters. The van der Waals surface area contributed by atoms with Crippen LogP contribution >= 0.6 is 0 Å². The van der Waals surface area contributed by atoms with Gasteiger partial charge in [0.1, 0.15) is 11.5 Å². The van der Waals surface area contributed by atoms with Gasteiger partial charge in [-0.15, -0.1) is 0 Å². The van der Waals surface area contributed by atoms with Crippen molar-refractivity contribution >= 4 is 17.5 Å². The van der Waals surface area contributed by atoms with Gasteiger partial charge in [0.2, 0.25) is 0 Å². The van der Waals surface area contributed by atoms with Crippen LogP contribution in [0.4, 0.5) is 0 Å². The minimum Gasteiger partial charge on any atom is -0.455 e. The predicted octanol–water partition coefficient (Wildman–Crippen LogP) is 4.69. The van der Waals surface area contributed by atoms with Gasteiger partial charge in [-0.3, -0.25) is 19.5 Å². The van der Waals surface area contributed by atoms with Crippen molar-refractivity contribution in [2.45, 2.75) is 85.2 Å². The van der Waals surface area contributed by atoms with Gasteiger partial charge in [-0.2, -0.15) is 0 Å². The van der Waals surface area contributed by atoms with Crippen molar-refractivity contribution in [3.8, 4) is 0 Å². The summed E-state index contributed by atoms with van der Waals surface area (Å²) in [4.78, 5) is 32.4. The lowest BCUT2D eigenvalue weighted by Gasteiger charge is -2.37. The van der Waals surface area contributed by atoms with Crippen molar-refractivity contribution in [1.82, 2.24) is 15.5 Å². The van der Waals surface area contributed by atoms with Crippen LogP contribution in [0.15, 0.2) is 33.3 Å². The zero-order valence-electron chi connectivity index (χ0n) is 21.6. The van der Waals surface area contributed by atoms with Crippen LogP contribution in [0.1, 0.15) is 89.0 Å². The second-order valence-corrected chi connectivity index (χ2v) is 10.7. The number of nitrogens with zero attached hydrogens (tertiary/aromatic N) is 2. The number of rotatable bonds is 7. The van der Waals surface area contributed by atoms with Crippen molar-refractivity contribution < 1.29 is 14.0 Å². The van der Waals surface area contributed by atoms with Gasteiger partial charge in [0.05, 0.1) is 12.2 Å². The molecule has 1 aliphatic carbocycles. The number of allylic oxidation sites excluding steroid dienone is 1. The summed E-state index contributed by atoms with van der Waals surface area (Å²) in [5, 5.41) is 5.95. The maximum atomic E-state index is 13.0. The Hall–Kier alpha value is -2.41. The molecule has 0 spiro atoms. The summed E-state index contributed by atoms with van der Waals surface area (Å²) < 4.78 is 5.81. The molecule has 34 heavy (non-hydrogen) atoms. The average molecular weight is 471 g/mol. The van der Waals surface area contributed by atoms with Gasteiger partial charge < -0.3 is 15.1 Å². The largest absolute Gasteiger partial charge is 0.455 e. The molecule has 2 fully saturated rings. The highest BCUT2D eigenvalue weighted by Crippen LogP contribution is 2.37. The van der Waals surface area contributed by atoms with Crippen LogP contribution in [0.2, 0.25) is 0 Å². The highest BCUT2D eigenvalue weighted by molar-refractivity contribution is 6.45. The second-order valence-electron chi connectivity index (χ2n) is 10.7. The first-order valence-electron chi connectivity index (χ1n) is 12.8. The summed E-state index contributed by atoms with van der Waals surface area (Å²) in [5.41, 5.74) is 0.920. The number of hydrogen-bond donors (Lipinski definition) is 2. The van der Waals surface area contributed by atoms with Gasteiger partial charge in [-0.25, -0.2) is 0 Å². The smallest absolute Gasteiger partial charge is 0.291 e. The predicted molar refractivity (Wildman–Crippen MR) is 136 cm³/mol. The Kier molecular flexibility index (Phi) is 9.11. The number of aliphatic imine (C=N–C) groups is 1. The number of amides is 2. The molecule has 0 radical (unpaired) electrons. The maximum Gasteiger partial charge on any atom is 0.291 e. The Morgan fingerprint density at radius 2 is 1.79 bits per heavy atom. The first-order chi connectivity index (χ1) is 16.2. The molecule has 1 aromatic rings. The summed E-state index contributed by atoms with van der Waals surface area (Å²) in [6.07, 6.45) is 9.55. The Morgan fingerprint density at radius 3 is 2.38 bits per heavy atom. The Balaban J connectivity index is 1.55. The van der Waals surface area contributed by atoms with Crippen LogP contribution < -0.4 is 10.6 Å². The highest BCUT2D eigenvalue weighted by Gasteiger charge is 2.31. The normalized spacial score (nSPS) is 23.0. The van der Waals surface area contributed by atoms with Gasteiger partial charge in [0.25, 0.3) is 11.8 Å². The van der Waals surface area contributed by atoms with Crippen LogP contribution in [0.5, 0.6) is 0 Å². The van der Waals surface area contributed by atoms with Crippen molar-refractivity contribution in [3.63, 3.8) is 0 Å². The van der Waals surface area contributed by atoms with E-state index in [1.54, 1.807) is 26.1 Å². The second kappa shape index (κ2) is 11.8. The molecule has 188 valence electrons. The highest BCUT2D eigenvalue weighted by atomic mass is 16.4. The van der Waals surface area contributed by atoms with Crippen molar-refractivity contribution in [2.75, 3.05) is 20.1 Å². The zero-order valence-corrected chi connectivity index (χ0v) is 21.6. The molecular formula is C27H42N4O3. The molecule has 1 saturated carbocycles. The molecule has 2 amide bonds. The van der Waals surface area contributed by atoms with E-state index in [1.165, 1.54) is 19.3 Å². The fourth-order valence-electron chi connectivity index (χ4n) is 5.08. The quantitative estimate of drug-likeness (QED) is 0.566.